The number of amides is 1. The second kappa shape index (κ2) is 9.43. The Hall–Kier alpha value is -1.99. The van der Waals surface area contributed by atoms with Crippen LogP contribution < -0.4 is 10.1 Å². The largest absolute Gasteiger partial charge is 0.488 e. The molecule has 1 aromatic heterocycles. The minimum Gasteiger partial charge on any atom is -0.488 e. The summed E-state index contributed by atoms with van der Waals surface area (Å²) >= 11 is 13.5. The van der Waals surface area contributed by atoms with Crippen LogP contribution >= 0.6 is 35.0 Å². The molecular formula is C22H20Cl2N2O3S. The van der Waals surface area contributed by atoms with Gasteiger partial charge in [0.25, 0.3) is 5.91 Å². The summed E-state index contributed by atoms with van der Waals surface area (Å²) in [5, 5.41) is 15.6. The van der Waals surface area contributed by atoms with Crippen LogP contribution in [0.3, 0.4) is 0 Å². The summed E-state index contributed by atoms with van der Waals surface area (Å²) in [6.07, 6.45) is 1.29. The van der Waals surface area contributed by atoms with Gasteiger partial charge in [-0.25, -0.2) is 4.98 Å². The van der Waals surface area contributed by atoms with Crippen molar-refractivity contribution in [3.05, 3.63) is 64.1 Å². The summed E-state index contributed by atoms with van der Waals surface area (Å²) in [6.45, 7) is 0.0407. The topological polar surface area (TPSA) is 71.5 Å². The van der Waals surface area contributed by atoms with Crippen LogP contribution in [-0.4, -0.2) is 40.5 Å². The number of hydrogen-bond donors (Lipinski definition) is 2. The van der Waals surface area contributed by atoms with E-state index in [9.17, 15) is 9.90 Å². The summed E-state index contributed by atoms with van der Waals surface area (Å²) in [4.78, 5) is 17.3. The van der Waals surface area contributed by atoms with Crippen LogP contribution in [0.1, 0.15) is 23.2 Å². The highest BCUT2D eigenvalue weighted by Gasteiger charge is 2.25. The molecule has 3 aromatic rings. The first-order valence-corrected chi connectivity index (χ1v) is 11.3. The summed E-state index contributed by atoms with van der Waals surface area (Å²) in [6, 6.07) is 14.7. The molecule has 1 atom stereocenters. The van der Waals surface area contributed by atoms with E-state index in [0.29, 0.717) is 32.1 Å². The van der Waals surface area contributed by atoms with Crippen molar-refractivity contribution in [2.75, 3.05) is 12.4 Å². The van der Waals surface area contributed by atoms with E-state index in [1.807, 2.05) is 24.3 Å². The number of nitrogens with one attached hydrogen (secondary N) is 1. The molecule has 1 aliphatic carbocycles. The molecule has 2 N–H and O–H groups in total. The predicted octanol–water partition coefficient (Wildman–Crippen LogP) is 4.97. The minimum absolute atomic E-state index is 0.0407. The Kier molecular flexibility index (Phi) is 6.68. The van der Waals surface area contributed by atoms with E-state index in [1.165, 1.54) is 11.8 Å². The van der Waals surface area contributed by atoms with Gasteiger partial charge in [-0.15, -0.1) is 11.8 Å². The Morgan fingerprint density at radius 3 is 2.67 bits per heavy atom. The van der Waals surface area contributed by atoms with Crippen LogP contribution in [0.2, 0.25) is 10.0 Å². The first kappa shape index (κ1) is 21.2. The molecule has 1 unspecified atom stereocenters. The molecule has 4 rings (SSSR count). The van der Waals surface area contributed by atoms with Crippen molar-refractivity contribution in [1.82, 2.24) is 10.3 Å². The van der Waals surface area contributed by atoms with Crippen molar-refractivity contribution < 1.29 is 14.6 Å². The van der Waals surface area contributed by atoms with E-state index in [0.717, 1.165) is 23.7 Å². The Labute approximate surface area is 188 Å². The van der Waals surface area contributed by atoms with E-state index in [2.05, 4.69) is 10.3 Å². The zero-order valence-electron chi connectivity index (χ0n) is 16.0. The number of fused-ring (bicyclic) bond motifs is 1. The Morgan fingerprint density at radius 1 is 1.20 bits per heavy atom. The molecule has 0 spiro atoms. The number of pyridine rings is 1. The monoisotopic (exact) mass is 462 g/mol. The van der Waals surface area contributed by atoms with Gasteiger partial charge in [-0.2, -0.15) is 0 Å². The number of benzene rings is 2. The fourth-order valence-corrected chi connectivity index (χ4v) is 4.26. The van der Waals surface area contributed by atoms with Gasteiger partial charge in [-0.3, -0.25) is 4.79 Å². The molecule has 0 aliphatic heterocycles. The SMILES string of the molecule is O=C(NC1CC1)c1cc(SCC(O)COc2c(Cl)cccc2Cl)nc2ccccc12. The Morgan fingerprint density at radius 2 is 1.93 bits per heavy atom. The number of aliphatic hydroxyl groups is 1. The molecule has 0 bridgehead atoms. The van der Waals surface area contributed by atoms with E-state index in [1.54, 1.807) is 24.3 Å². The van der Waals surface area contributed by atoms with Crippen LogP contribution in [0.5, 0.6) is 5.75 Å². The fraction of sp³-hybridized carbons (Fsp3) is 0.273. The smallest absolute Gasteiger partial charge is 0.252 e. The molecule has 0 radical (unpaired) electrons. The molecule has 30 heavy (non-hydrogen) atoms. The van der Waals surface area contributed by atoms with Crippen molar-refractivity contribution in [2.45, 2.75) is 30.0 Å². The average molecular weight is 463 g/mol. The highest BCUT2D eigenvalue weighted by molar-refractivity contribution is 7.99. The normalized spacial score (nSPS) is 14.5. The first-order valence-electron chi connectivity index (χ1n) is 9.59. The zero-order chi connectivity index (χ0) is 21.1. The predicted molar refractivity (Wildman–Crippen MR) is 121 cm³/mol. The third kappa shape index (κ3) is 5.19. The van der Waals surface area contributed by atoms with Crippen LogP contribution in [0.25, 0.3) is 10.9 Å². The van der Waals surface area contributed by atoms with Gasteiger partial charge < -0.3 is 15.2 Å². The van der Waals surface area contributed by atoms with E-state index < -0.39 is 6.10 Å². The van der Waals surface area contributed by atoms with Crippen molar-refractivity contribution >= 4 is 51.8 Å². The second-order valence-corrected chi connectivity index (χ2v) is 8.95. The summed E-state index contributed by atoms with van der Waals surface area (Å²) in [7, 11) is 0. The van der Waals surface area contributed by atoms with Crippen molar-refractivity contribution in [3.63, 3.8) is 0 Å². The van der Waals surface area contributed by atoms with Crippen molar-refractivity contribution in [2.24, 2.45) is 0 Å². The number of thioether (sulfide) groups is 1. The van der Waals surface area contributed by atoms with Crippen LogP contribution in [0, 0.1) is 0 Å². The molecular weight excluding hydrogens is 443 g/mol. The molecule has 2 aromatic carbocycles. The molecule has 1 fully saturated rings. The molecule has 5 nitrogen and oxygen atoms in total. The van der Waals surface area contributed by atoms with Crippen LogP contribution in [0.4, 0.5) is 0 Å². The number of aliphatic hydroxyl groups excluding tert-OH is 1. The summed E-state index contributed by atoms with van der Waals surface area (Å²) < 4.78 is 5.59. The maximum Gasteiger partial charge on any atom is 0.252 e. The lowest BCUT2D eigenvalue weighted by Crippen LogP contribution is -2.25. The zero-order valence-corrected chi connectivity index (χ0v) is 18.3. The van der Waals surface area contributed by atoms with Gasteiger partial charge in [0, 0.05) is 17.2 Å². The molecule has 0 saturated heterocycles. The summed E-state index contributed by atoms with van der Waals surface area (Å²) in [5.41, 5.74) is 1.35. The number of carbonyl (C=O) groups is 1. The lowest BCUT2D eigenvalue weighted by molar-refractivity contribution is 0.0952. The number of carbonyl (C=O) groups excluding carboxylic acids is 1. The third-order valence-corrected chi connectivity index (χ3v) is 6.26. The molecule has 1 aliphatic rings. The number of rotatable bonds is 8. The minimum atomic E-state index is -0.764. The number of nitrogens with zero attached hydrogens (tertiary/aromatic N) is 1. The van der Waals surface area contributed by atoms with Gasteiger partial charge in [-0.1, -0.05) is 47.5 Å². The molecule has 8 heteroatoms. The van der Waals surface area contributed by atoms with Crippen molar-refractivity contribution in [3.8, 4) is 5.75 Å². The van der Waals surface area contributed by atoms with Gasteiger partial charge in [0.15, 0.2) is 5.75 Å². The maximum absolute atomic E-state index is 12.7. The van der Waals surface area contributed by atoms with E-state index >= 15 is 0 Å². The Bertz CT molecular complexity index is 1060. The highest BCUT2D eigenvalue weighted by atomic mass is 35.5. The third-order valence-electron chi connectivity index (χ3n) is 4.61. The van der Waals surface area contributed by atoms with Crippen LogP contribution in [0.15, 0.2) is 53.6 Å². The van der Waals surface area contributed by atoms with Gasteiger partial charge in [-0.05, 0) is 37.1 Å². The number of ether oxygens (including phenoxy) is 1. The molecule has 1 saturated carbocycles. The molecule has 156 valence electrons. The van der Waals surface area contributed by atoms with E-state index in [-0.39, 0.29) is 18.6 Å². The second-order valence-electron chi connectivity index (χ2n) is 7.10. The van der Waals surface area contributed by atoms with Gasteiger partial charge >= 0.3 is 0 Å². The van der Waals surface area contributed by atoms with Gasteiger partial charge in [0.05, 0.1) is 32.3 Å². The Balaban J connectivity index is 1.43. The molecule has 1 heterocycles. The fourth-order valence-electron chi connectivity index (χ4n) is 2.93. The quantitative estimate of drug-likeness (QED) is 0.462. The van der Waals surface area contributed by atoms with Crippen LogP contribution in [-0.2, 0) is 0 Å². The lowest BCUT2D eigenvalue weighted by Gasteiger charge is -2.14. The van der Waals surface area contributed by atoms with Gasteiger partial charge in [0.1, 0.15) is 6.61 Å². The van der Waals surface area contributed by atoms with Crippen molar-refractivity contribution in [1.29, 1.82) is 0 Å². The number of hydrogen-bond acceptors (Lipinski definition) is 5. The summed E-state index contributed by atoms with van der Waals surface area (Å²) in [5.74, 6) is 0.611. The number of para-hydroxylation sites is 2. The number of halogens is 2. The van der Waals surface area contributed by atoms with Gasteiger partial charge in [0.2, 0.25) is 0 Å². The maximum atomic E-state index is 12.7. The lowest BCUT2D eigenvalue weighted by atomic mass is 10.1. The standard InChI is InChI=1S/C22H20Cl2N2O3S/c23-17-5-3-6-18(24)21(17)29-11-14(27)12-30-20-10-16(22(28)25-13-8-9-13)15-4-1-2-7-19(15)26-20/h1-7,10,13-14,27H,8-9,11-12H2,(H,25,28). The van der Waals surface area contributed by atoms with E-state index in [4.69, 9.17) is 27.9 Å². The number of aromatic nitrogens is 1. The molecule has 1 amide bonds. The first-order chi connectivity index (χ1) is 14.5. The average Bonchev–Trinajstić information content (AvgIpc) is 3.55. The highest BCUT2D eigenvalue weighted by Crippen LogP contribution is 2.32.